The van der Waals surface area contributed by atoms with Crippen LogP contribution in [0.3, 0.4) is 0 Å². The molecular weight excluding hydrogens is 324 g/mol. The molecule has 3 aromatic carbocycles. The first-order valence-corrected chi connectivity index (χ1v) is 8.79. The minimum atomic E-state index is -0.956. The third-order valence-corrected chi connectivity index (χ3v) is 4.42. The molecule has 3 aromatic rings. The molecule has 3 nitrogen and oxygen atoms in total. The van der Waals surface area contributed by atoms with E-state index in [-0.39, 0.29) is 0 Å². The first-order valence-electron chi connectivity index (χ1n) is 8.79. The number of carboxylic acids is 1. The van der Waals surface area contributed by atoms with Crippen molar-refractivity contribution >= 4 is 5.97 Å². The van der Waals surface area contributed by atoms with Crippen LogP contribution in [-0.2, 0) is 17.6 Å². The van der Waals surface area contributed by atoms with E-state index < -0.39 is 12.1 Å². The normalized spacial score (nSPS) is 11.7. The maximum absolute atomic E-state index is 11.7. The molecule has 1 atom stereocenters. The Kier molecular flexibility index (Phi) is 5.69. The van der Waals surface area contributed by atoms with Gasteiger partial charge in [-0.1, -0.05) is 73.7 Å². The number of hydrogen-bond donors (Lipinski definition) is 1. The van der Waals surface area contributed by atoms with Crippen molar-refractivity contribution in [2.75, 3.05) is 0 Å². The molecule has 0 saturated heterocycles. The molecular formula is C23H22O3. The van der Waals surface area contributed by atoms with Crippen LogP contribution in [0.25, 0.3) is 11.1 Å². The molecule has 0 amide bonds. The van der Waals surface area contributed by atoms with Gasteiger partial charge in [-0.3, -0.25) is 0 Å². The van der Waals surface area contributed by atoms with Crippen LogP contribution in [0.15, 0.2) is 78.9 Å². The summed E-state index contributed by atoms with van der Waals surface area (Å²) in [6.07, 6.45) is 0.305. The van der Waals surface area contributed by atoms with Crippen molar-refractivity contribution in [1.29, 1.82) is 0 Å². The van der Waals surface area contributed by atoms with E-state index in [1.165, 1.54) is 0 Å². The van der Waals surface area contributed by atoms with Crippen molar-refractivity contribution in [3.05, 3.63) is 90.0 Å². The van der Waals surface area contributed by atoms with E-state index >= 15 is 0 Å². The zero-order valence-corrected chi connectivity index (χ0v) is 14.8. The molecule has 3 heteroatoms. The summed E-state index contributed by atoms with van der Waals surface area (Å²) in [5, 5.41) is 9.57. The Morgan fingerprint density at radius 2 is 1.42 bits per heavy atom. The maximum Gasteiger partial charge on any atom is 0.345 e. The number of aliphatic carboxylic acids is 1. The third kappa shape index (κ3) is 4.31. The summed E-state index contributed by atoms with van der Waals surface area (Å²) in [4.78, 5) is 11.7. The number of aryl methyl sites for hydroxylation is 1. The summed E-state index contributed by atoms with van der Waals surface area (Å²) in [6.45, 7) is 2.07. The van der Waals surface area contributed by atoms with Gasteiger partial charge in [-0.25, -0.2) is 4.79 Å². The van der Waals surface area contributed by atoms with Crippen molar-refractivity contribution < 1.29 is 14.6 Å². The molecule has 0 heterocycles. The molecule has 0 unspecified atom stereocenters. The van der Waals surface area contributed by atoms with Gasteiger partial charge in [-0.15, -0.1) is 0 Å². The Morgan fingerprint density at radius 1 is 0.846 bits per heavy atom. The number of hydrogen-bond acceptors (Lipinski definition) is 2. The molecule has 0 aliphatic rings. The van der Waals surface area contributed by atoms with Crippen LogP contribution < -0.4 is 4.74 Å². The lowest BCUT2D eigenvalue weighted by molar-refractivity contribution is -0.145. The Labute approximate surface area is 153 Å². The average molecular weight is 346 g/mol. The number of carbonyl (C=O) groups is 1. The Balaban J connectivity index is 1.75. The summed E-state index contributed by atoms with van der Waals surface area (Å²) >= 11 is 0. The van der Waals surface area contributed by atoms with E-state index in [0.29, 0.717) is 12.2 Å². The largest absolute Gasteiger partial charge is 0.478 e. The lowest BCUT2D eigenvalue weighted by Gasteiger charge is -2.17. The summed E-state index contributed by atoms with van der Waals surface area (Å²) in [7, 11) is 0. The molecule has 0 bridgehead atoms. The molecule has 0 radical (unpaired) electrons. The SMILES string of the molecule is CCc1ccccc1C[C@@H](Oc1ccc(-c2ccccc2)cc1)C(=O)O. The van der Waals surface area contributed by atoms with Gasteiger partial charge in [0.25, 0.3) is 0 Å². The second kappa shape index (κ2) is 8.34. The Hall–Kier alpha value is -3.07. The molecule has 132 valence electrons. The van der Waals surface area contributed by atoms with Gasteiger partial charge in [0.05, 0.1) is 0 Å². The quantitative estimate of drug-likeness (QED) is 0.655. The Bertz CT molecular complexity index is 854. The fourth-order valence-corrected chi connectivity index (χ4v) is 3.00. The molecule has 0 saturated carbocycles. The second-order valence-electron chi connectivity index (χ2n) is 6.16. The van der Waals surface area contributed by atoms with Crippen LogP contribution in [-0.4, -0.2) is 17.2 Å². The Morgan fingerprint density at radius 3 is 2.04 bits per heavy atom. The van der Waals surface area contributed by atoms with Crippen LogP contribution in [0, 0.1) is 0 Å². The number of carboxylic acid groups (broad SMARTS) is 1. The van der Waals surface area contributed by atoms with Gasteiger partial charge in [0.15, 0.2) is 6.10 Å². The van der Waals surface area contributed by atoms with E-state index in [2.05, 4.69) is 6.92 Å². The van der Waals surface area contributed by atoms with E-state index in [1.807, 2.05) is 78.9 Å². The third-order valence-electron chi connectivity index (χ3n) is 4.42. The highest BCUT2D eigenvalue weighted by Gasteiger charge is 2.21. The van der Waals surface area contributed by atoms with Gasteiger partial charge in [0.2, 0.25) is 0 Å². The predicted molar refractivity (Wildman–Crippen MR) is 103 cm³/mol. The van der Waals surface area contributed by atoms with Crippen LogP contribution in [0.1, 0.15) is 18.1 Å². The van der Waals surface area contributed by atoms with Crippen LogP contribution >= 0.6 is 0 Å². The van der Waals surface area contributed by atoms with Crippen LogP contribution in [0.2, 0.25) is 0 Å². The first kappa shape index (κ1) is 17.7. The standard InChI is InChI=1S/C23H22O3/c1-2-17-8-6-7-11-20(17)16-22(23(24)25)26-21-14-12-19(13-15-21)18-9-4-3-5-10-18/h3-15,22H,2,16H2,1H3,(H,24,25)/t22-/m1/s1. The van der Waals surface area contributed by atoms with Crippen molar-refractivity contribution in [1.82, 2.24) is 0 Å². The summed E-state index contributed by atoms with van der Waals surface area (Å²) in [6, 6.07) is 25.5. The van der Waals surface area contributed by atoms with Crippen LogP contribution in [0.4, 0.5) is 0 Å². The molecule has 0 fully saturated rings. The highest BCUT2D eigenvalue weighted by atomic mass is 16.5. The molecule has 3 rings (SSSR count). The molecule has 1 N–H and O–H groups in total. The molecule has 0 aliphatic heterocycles. The summed E-state index contributed by atoms with van der Waals surface area (Å²) in [5.41, 5.74) is 4.36. The molecule has 0 aliphatic carbocycles. The van der Waals surface area contributed by atoms with Gasteiger partial charge in [0, 0.05) is 6.42 Å². The average Bonchev–Trinajstić information content (AvgIpc) is 2.69. The first-order chi connectivity index (χ1) is 12.7. The fourth-order valence-electron chi connectivity index (χ4n) is 3.00. The second-order valence-corrected chi connectivity index (χ2v) is 6.16. The van der Waals surface area contributed by atoms with Gasteiger partial charge in [0.1, 0.15) is 5.75 Å². The smallest absolute Gasteiger partial charge is 0.345 e. The highest BCUT2D eigenvalue weighted by molar-refractivity contribution is 5.73. The topological polar surface area (TPSA) is 46.5 Å². The van der Waals surface area contributed by atoms with Crippen molar-refractivity contribution in [2.45, 2.75) is 25.9 Å². The summed E-state index contributed by atoms with van der Waals surface area (Å²) in [5.74, 6) is -0.394. The molecule has 0 spiro atoms. The lowest BCUT2D eigenvalue weighted by Crippen LogP contribution is -2.29. The van der Waals surface area contributed by atoms with Crippen LogP contribution in [0.5, 0.6) is 5.75 Å². The lowest BCUT2D eigenvalue weighted by atomic mass is 10.00. The van der Waals surface area contributed by atoms with Gasteiger partial charge >= 0.3 is 5.97 Å². The highest BCUT2D eigenvalue weighted by Crippen LogP contribution is 2.23. The monoisotopic (exact) mass is 346 g/mol. The summed E-state index contributed by atoms with van der Waals surface area (Å²) < 4.78 is 5.77. The number of rotatable bonds is 7. The van der Waals surface area contributed by atoms with Gasteiger partial charge < -0.3 is 9.84 Å². The van der Waals surface area contributed by atoms with Crippen molar-refractivity contribution in [3.8, 4) is 16.9 Å². The van der Waals surface area contributed by atoms with E-state index in [9.17, 15) is 9.90 Å². The maximum atomic E-state index is 11.7. The zero-order chi connectivity index (χ0) is 18.4. The van der Waals surface area contributed by atoms with E-state index in [4.69, 9.17) is 4.74 Å². The van der Waals surface area contributed by atoms with Crippen molar-refractivity contribution in [3.63, 3.8) is 0 Å². The molecule has 26 heavy (non-hydrogen) atoms. The zero-order valence-electron chi connectivity index (χ0n) is 14.8. The fraction of sp³-hybridized carbons (Fsp3) is 0.174. The minimum absolute atomic E-state index is 0.347. The molecule has 0 aromatic heterocycles. The van der Waals surface area contributed by atoms with Crippen molar-refractivity contribution in [2.24, 2.45) is 0 Å². The number of ether oxygens (including phenoxy) is 1. The van der Waals surface area contributed by atoms with E-state index in [1.54, 1.807) is 0 Å². The van der Waals surface area contributed by atoms with Gasteiger partial charge in [-0.2, -0.15) is 0 Å². The minimum Gasteiger partial charge on any atom is -0.478 e. The number of benzene rings is 3. The van der Waals surface area contributed by atoms with Gasteiger partial charge in [-0.05, 0) is 40.8 Å². The predicted octanol–water partition coefficient (Wildman–Crippen LogP) is 4.99. The van der Waals surface area contributed by atoms with E-state index in [0.717, 1.165) is 28.7 Å².